The predicted molar refractivity (Wildman–Crippen MR) is 220 cm³/mol. The van der Waals surface area contributed by atoms with Gasteiger partial charge in [-0.05, 0) is 55.7 Å². The average molecular weight is 840 g/mol. The van der Waals surface area contributed by atoms with Crippen molar-refractivity contribution in [3.63, 3.8) is 0 Å². The molecule has 0 unspecified atom stereocenters. The van der Waals surface area contributed by atoms with Crippen molar-refractivity contribution in [3.8, 4) is 0 Å². The summed E-state index contributed by atoms with van der Waals surface area (Å²) >= 11 is 0. The minimum Gasteiger partial charge on any atom is -0.445 e. The Morgan fingerprint density at radius 3 is 1.85 bits per heavy atom. The molecule has 0 aromatic heterocycles. The van der Waals surface area contributed by atoms with Crippen molar-refractivity contribution in [2.75, 3.05) is 84.4 Å². The maximum absolute atomic E-state index is 13.4. The van der Waals surface area contributed by atoms with E-state index in [9.17, 15) is 28.8 Å². The van der Waals surface area contributed by atoms with E-state index in [-0.39, 0.29) is 69.2 Å². The number of hydrogen-bond donors (Lipinski definition) is 7. The Bertz CT molecular complexity index is 1390. The van der Waals surface area contributed by atoms with Gasteiger partial charge in [-0.15, -0.1) is 0 Å². The fourth-order valence-electron chi connectivity index (χ4n) is 4.76. The van der Waals surface area contributed by atoms with Crippen LogP contribution in [0.2, 0.25) is 0 Å². The molecule has 1 aromatic rings. The van der Waals surface area contributed by atoms with E-state index >= 15 is 0 Å². The van der Waals surface area contributed by atoms with E-state index in [0.717, 1.165) is 0 Å². The highest BCUT2D eigenvalue weighted by Crippen LogP contribution is 2.14. The van der Waals surface area contributed by atoms with E-state index in [4.69, 9.17) is 34.2 Å². The number of nitrogens with two attached hydrogens (primary N) is 1. The summed E-state index contributed by atoms with van der Waals surface area (Å²) in [6, 6.07) is 4.04. The van der Waals surface area contributed by atoms with Gasteiger partial charge in [0, 0.05) is 31.7 Å². The van der Waals surface area contributed by atoms with Crippen molar-refractivity contribution >= 4 is 41.4 Å². The van der Waals surface area contributed by atoms with Crippen molar-refractivity contribution in [1.82, 2.24) is 26.6 Å². The zero-order valence-electron chi connectivity index (χ0n) is 35.9. The van der Waals surface area contributed by atoms with E-state index in [0.29, 0.717) is 70.4 Å². The minimum atomic E-state index is -1.01. The smallest absolute Gasteiger partial charge is 0.407 e. The molecular weight excluding hydrogens is 770 g/mol. The van der Waals surface area contributed by atoms with Crippen molar-refractivity contribution < 1.29 is 57.2 Å². The number of anilines is 1. The molecule has 19 nitrogen and oxygen atoms in total. The van der Waals surface area contributed by atoms with Crippen LogP contribution in [0.4, 0.5) is 15.3 Å². The third kappa shape index (κ3) is 28.5. The summed E-state index contributed by atoms with van der Waals surface area (Å²) in [5.41, 5.74) is 6.23. The van der Waals surface area contributed by atoms with Crippen molar-refractivity contribution in [3.05, 3.63) is 29.8 Å². The molecule has 0 bridgehead atoms. The van der Waals surface area contributed by atoms with Gasteiger partial charge in [-0.25, -0.2) is 9.59 Å². The summed E-state index contributed by atoms with van der Waals surface area (Å²) < 4.78 is 32.3. The molecule has 0 aliphatic rings. The fraction of sp³-hybridized carbons (Fsp3) is 0.700. The topological polar surface area (TPSA) is 256 Å². The molecule has 8 N–H and O–H groups in total. The number of carbonyl (C=O) groups is 6. The molecule has 1 aromatic carbocycles. The predicted octanol–water partition coefficient (Wildman–Crippen LogP) is 1.97. The Labute approximate surface area is 348 Å². The van der Waals surface area contributed by atoms with E-state index in [1.54, 1.807) is 38.1 Å². The Morgan fingerprint density at radius 1 is 0.695 bits per heavy atom. The van der Waals surface area contributed by atoms with Gasteiger partial charge in [-0.1, -0.05) is 46.8 Å². The highest BCUT2D eigenvalue weighted by atomic mass is 16.6. The molecule has 0 heterocycles. The first-order valence-electron chi connectivity index (χ1n) is 20.1. The number of carbonyl (C=O) groups excluding carboxylic acids is 6. The zero-order valence-corrected chi connectivity index (χ0v) is 35.9. The molecule has 0 saturated carbocycles. The second-order valence-electron chi connectivity index (χ2n) is 15.4. The van der Waals surface area contributed by atoms with Crippen LogP contribution >= 0.6 is 0 Å². The van der Waals surface area contributed by atoms with Crippen LogP contribution in [0.3, 0.4) is 0 Å². The van der Waals surface area contributed by atoms with E-state index < -0.39 is 41.9 Å². The first kappa shape index (κ1) is 52.5. The summed E-state index contributed by atoms with van der Waals surface area (Å²) in [5.74, 6) is -1.95. The maximum Gasteiger partial charge on any atom is 0.407 e. The lowest BCUT2D eigenvalue weighted by molar-refractivity contribution is -0.132. The van der Waals surface area contributed by atoms with E-state index in [1.165, 1.54) is 0 Å². The quantitative estimate of drug-likeness (QED) is 0.0530. The largest absolute Gasteiger partial charge is 0.445 e. The summed E-state index contributed by atoms with van der Waals surface area (Å²) in [5, 5.41) is 16.2. The molecule has 19 heteroatoms. The molecule has 0 fully saturated rings. The number of urea groups is 1. The molecule has 0 saturated heterocycles. The van der Waals surface area contributed by atoms with Gasteiger partial charge in [0.15, 0.2) is 0 Å². The van der Waals surface area contributed by atoms with E-state index in [2.05, 4.69) is 31.9 Å². The van der Waals surface area contributed by atoms with Crippen LogP contribution < -0.4 is 37.6 Å². The molecule has 0 aliphatic heterocycles. The van der Waals surface area contributed by atoms with Crippen molar-refractivity contribution in [2.24, 2.45) is 17.1 Å². The van der Waals surface area contributed by atoms with Crippen LogP contribution in [0.5, 0.6) is 0 Å². The van der Waals surface area contributed by atoms with Crippen molar-refractivity contribution in [1.29, 1.82) is 0 Å². The van der Waals surface area contributed by atoms with E-state index in [1.807, 2.05) is 34.6 Å². The standard InChI is InChI=1S/C40H69N7O12/c1-28(2)35(47-33(48)14-17-54-19-21-56-23-24-57-22-20-55-18-16-42-34(49)26-58-29(3)4)37(51)46-32(9-8-15-43-38(41)52)36(50)45-31-12-10-30(11-13-31)25-59-39(53)44-27-40(5,6)7/h10-13,28-29,32,35H,8-9,14-27H2,1-7H3,(H,42,49)(H,44,53)(H,45,50)(H,46,51)(H,47,48)(H3,41,43,52)/t32-,35-/m0/s1. The monoisotopic (exact) mass is 840 g/mol. The summed E-state index contributed by atoms with van der Waals surface area (Å²) in [6.07, 6.45) is -0.0419. The fourth-order valence-corrected chi connectivity index (χ4v) is 4.76. The molecule has 336 valence electrons. The summed E-state index contributed by atoms with van der Waals surface area (Å²) in [7, 11) is 0. The number of hydrogen-bond acceptors (Lipinski definition) is 12. The molecule has 0 aliphatic carbocycles. The van der Waals surface area contributed by atoms with Crippen LogP contribution in [0.15, 0.2) is 24.3 Å². The first-order chi connectivity index (χ1) is 28.0. The number of alkyl carbamates (subject to hydrolysis) is 1. The summed E-state index contributed by atoms with van der Waals surface area (Å²) in [6.45, 7) is 16.8. The Balaban J connectivity index is 2.45. The molecule has 1 rings (SSSR count). The van der Waals surface area contributed by atoms with Crippen LogP contribution in [0.25, 0.3) is 0 Å². The molecule has 59 heavy (non-hydrogen) atoms. The Morgan fingerprint density at radius 2 is 1.29 bits per heavy atom. The van der Waals surface area contributed by atoms with Gasteiger partial charge in [0.1, 0.15) is 25.3 Å². The van der Waals surface area contributed by atoms with Gasteiger partial charge in [-0.2, -0.15) is 0 Å². The Hall–Kier alpha value is -4.56. The SMILES string of the molecule is CC(C)OCC(=O)NCCOCCOCCOCCOCCC(=O)N[C@H](C(=O)N[C@@H](CCCNC(N)=O)C(=O)Nc1ccc(COC(=O)NCC(C)(C)C)cc1)C(C)C. The first-order valence-corrected chi connectivity index (χ1v) is 20.1. The lowest BCUT2D eigenvalue weighted by Gasteiger charge is -2.25. The molecular formula is C40H69N7O12. The normalized spacial score (nSPS) is 12.4. The minimum absolute atomic E-state index is 0.000339. The molecule has 2 atom stereocenters. The van der Waals surface area contributed by atoms with Gasteiger partial charge in [0.2, 0.25) is 23.6 Å². The third-order valence-electron chi connectivity index (χ3n) is 7.93. The zero-order chi connectivity index (χ0) is 44.1. The lowest BCUT2D eigenvalue weighted by atomic mass is 9.97. The lowest BCUT2D eigenvalue weighted by Crippen LogP contribution is -2.54. The highest BCUT2D eigenvalue weighted by Gasteiger charge is 2.29. The number of amides is 7. The molecule has 0 spiro atoms. The van der Waals surface area contributed by atoms with Crippen LogP contribution in [-0.2, 0) is 54.2 Å². The maximum atomic E-state index is 13.4. The average Bonchev–Trinajstić information content (AvgIpc) is 3.17. The van der Waals surface area contributed by atoms with Crippen LogP contribution in [0, 0.1) is 11.3 Å². The number of benzene rings is 1. The van der Waals surface area contributed by atoms with Gasteiger partial charge < -0.3 is 66.1 Å². The number of ether oxygens (including phenoxy) is 6. The van der Waals surface area contributed by atoms with Gasteiger partial charge >= 0.3 is 12.1 Å². The van der Waals surface area contributed by atoms with Gasteiger partial charge in [-0.3, -0.25) is 19.2 Å². The second-order valence-corrected chi connectivity index (χ2v) is 15.4. The van der Waals surface area contributed by atoms with Crippen LogP contribution in [0.1, 0.15) is 73.3 Å². The number of nitrogens with one attached hydrogen (secondary N) is 6. The Kier molecular flexibility index (Phi) is 27.1. The highest BCUT2D eigenvalue weighted by molar-refractivity contribution is 5.98. The van der Waals surface area contributed by atoms with Crippen LogP contribution in [-0.4, -0.2) is 133 Å². The molecule has 7 amide bonds. The second kappa shape index (κ2) is 30.5. The van der Waals surface area contributed by atoms with Crippen molar-refractivity contribution in [2.45, 2.75) is 92.5 Å². The van der Waals surface area contributed by atoms with Gasteiger partial charge in [0.25, 0.3) is 0 Å². The number of rotatable bonds is 31. The third-order valence-corrected chi connectivity index (χ3v) is 7.93. The summed E-state index contributed by atoms with van der Waals surface area (Å²) in [4.78, 5) is 74.3. The number of primary amides is 1. The van der Waals surface area contributed by atoms with Gasteiger partial charge in [0.05, 0.1) is 59.0 Å². The molecule has 0 radical (unpaired) electrons.